The molecule has 0 aliphatic rings. The monoisotopic (exact) mass is 246 g/mol. The van der Waals surface area contributed by atoms with Crippen LogP contribution in [0, 0.1) is 13.8 Å². The normalized spacial score (nSPS) is 12.7. The summed E-state index contributed by atoms with van der Waals surface area (Å²) in [4.78, 5) is 0. The second-order valence-electron chi connectivity index (χ2n) is 5.78. The Balaban J connectivity index is 2.83. The lowest BCUT2D eigenvalue weighted by Gasteiger charge is -2.18. The quantitative estimate of drug-likeness (QED) is 0.522. The van der Waals surface area contributed by atoms with Crippen LogP contribution in [0.1, 0.15) is 81.0 Å². The van der Waals surface area contributed by atoms with Gasteiger partial charge in [-0.05, 0) is 54.9 Å². The Labute approximate surface area is 114 Å². The van der Waals surface area contributed by atoms with Gasteiger partial charge >= 0.3 is 0 Å². The number of aryl methyl sites for hydroxylation is 3. The zero-order chi connectivity index (χ0) is 13.5. The van der Waals surface area contributed by atoms with Crippen molar-refractivity contribution in [3.8, 4) is 0 Å². The van der Waals surface area contributed by atoms with Crippen LogP contribution < -0.4 is 0 Å². The molecule has 0 spiro atoms. The van der Waals surface area contributed by atoms with Crippen molar-refractivity contribution in [3.05, 3.63) is 34.4 Å². The highest BCUT2D eigenvalue weighted by atomic mass is 14.2. The lowest BCUT2D eigenvalue weighted by Crippen LogP contribution is -2.01. The van der Waals surface area contributed by atoms with Crippen LogP contribution in [0.4, 0.5) is 0 Å². The van der Waals surface area contributed by atoms with Crippen molar-refractivity contribution < 1.29 is 0 Å². The summed E-state index contributed by atoms with van der Waals surface area (Å²) in [5, 5.41) is 0. The molecule has 1 unspecified atom stereocenters. The maximum Gasteiger partial charge on any atom is -0.0188 e. The highest BCUT2D eigenvalue weighted by molar-refractivity contribution is 5.39. The number of hydrogen-bond donors (Lipinski definition) is 0. The first-order valence-electron chi connectivity index (χ1n) is 7.70. The third-order valence-corrected chi connectivity index (χ3v) is 4.02. The summed E-state index contributed by atoms with van der Waals surface area (Å²) in [6.45, 7) is 11.5. The highest BCUT2D eigenvalue weighted by Crippen LogP contribution is 2.28. The van der Waals surface area contributed by atoms with E-state index in [0.717, 1.165) is 0 Å². The van der Waals surface area contributed by atoms with E-state index in [1.165, 1.54) is 49.7 Å². The average Bonchev–Trinajstić information content (AvgIpc) is 2.33. The fourth-order valence-corrected chi connectivity index (χ4v) is 2.84. The van der Waals surface area contributed by atoms with Crippen molar-refractivity contribution >= 4 is 0 Å². The van der Waals surface area contributed by atoms with E-state index in [4.69, 9.17) is 0 Å². The summed E-state index contributed by atoms with van der Waals surface area (Å²) >= 11 is 0. The topological polar surface area (TPSA) is 0 Å². The van der Waals surface area contributed by atoms with E-state index < -0.39 is 0 Å². The van der Waals surface area contributed by atoms with Gasteiger partial charge in [-0.3, -0.25) is 0 Å². The van der Waals surface area contributed by atoms with E-state index >= 15 is 0 Å². The first-order valence-corrected chi connectivity index (χ1v) is 7.70. The summed E-state index contributed by atoms with van der Waals surface area (Å²) < 4.78 is 0. The van der Waals surface area contributed by atoms with E-state index in [1.807, 2.05) is 0 Å². The van der Waals surface area contributed by atoms with E-state index in [-0.39, 0.29) is 0 Å². The molecule has 0 heteroatoms. The molecule has 0 N–H and O–H groups in total. The third kappa shape index (κ3) is 4.15. The van der Waals surface area contributed by atoms with Gasteiger partial charge in [0, 0.05) is 0 Å². The van der Waals surface area contributed by atoms with Crippen molar-refractivity contribution in [1.82, 2.24) is 0 Å². The Morgan fingerprint density at radius 2 is 1.67 bits per heavy atom. The van der Waals surface area contributed by atoms with Gasteiger partial charge in [-0.25, -0.2) is 0 Å². The summed E-state index contributed by atoms with van der Waals surface area (Å²) in [6.07, 6.45) is 7.86. The first-order chi connectivity index (χ1) is 8.60. The molecule has 0 heterocycles. The van der Waals surface area contributed by atoms with Crippen LogP contribution in [-0.4, -0.2) is 0 Å². The van der Waals surface area contributed by atoms with Crippen LogP contribution in [0.3, 0.4) is 0 Å². The third-order valence-electron chi connectivity index (χ3n) is 4.02. The molecule has 0 nitrogen and oxygen atoms in total. The van der Waals surface area contributed by atoms with Crippen LogP contribution in [-0.2, 0) is 6.42 Å². The Hall–Kier alpha value is -0.780. The molecule has 0 aromatic heterocycles. The lowest BCUT2D eigenvalue weighted by atomic mass is 9.88. The predicted octanol–water partition coefficient (Wildman–Crippen LogP) is 5.94. The van der Waals surface area contributed by atoms with Crippen LogP contribution in [0.2, 0.25) is 0 Å². The molecule has 1 aromatic carbocycles. The maximum absolute atomic E-state index is 2.48. The average molecular weight is 246 g/mol. The molecule has 102 valence electrons. The fraction of sp³-hybridized carbons (Fsp3) is 0.667. The van der Waals surface area contributed by atoms with Crippen molar-refractivity contribution in [2.45, 2.75) is 79.1 Å². The van der Waals surface area contributed by atoms with Gasteiger partial charge in [0.05, 0.1) is 0 Å². The van der Waals surface area contributed by atoms with Gasteiger partial charge in [0.25, 0.3) is 0 Å². The predicted molar refractivity (Wildman–Crippen MR) is 82.5 cm³/mol. The van der Waals surface area contributed by atoms with Gasteiger partial charge < -0.3 is 0 Å². The number of unbranched alkanes of at least 4 members (excludes halogenated alkanes) is 2. The smallest absolute Gasteiger partial charge is 0.0188 e. The van der Waals surface area contributed by atoms with Crippen LogP contribution in [0.15, 0.2) is 12.1 Å². The van der Waals surface area contributed by atoms with Gasteiger partial charge in [-0.15, -0.1) is 0 Å². The largest absolute Gasteiger partial charge is 0.0654 e. The molecule has 1 atom stereocenters. The van der Waals surface area contributed by atoms with E-state index in [0.29, 0.717) is 5.92 Å². The summed E-state index contributed by atoms with van der Waals surface area (Å²) in [6, 6.07) is 4.86. The van der Waals surface area contributed by atoms with Gasteiger partial charge in [0.2, 0.25) is 0 Å². The van der Waals surface area contributed by atoms with Crippen LogP contribution in [0.5, 0.6) is 0 Å². The lowest BCUT2D eigenvalue weighted by molar-refractivity contribution is 0.595. The van der Waals surface area contributed by atoms with Gasteiger partial charge in [0.15, 0.2) is 0 Å². The molecular formula is C18H30. The standard InChI is InChI=1S/C18H30/c1-6-8-9-11-14(3)18-13-17(10-7-2)15(4)12-16(18)5/h12-14H,6-11H2,1-5H3. The Morgan fingerprint density at radius 3 is 2.28 bits per heavy atom. The zero-order valence-corrected chi connectivity index (χ0v) is 13.0. The molecule has 0 aliphatic carbocycles. The molecule has 1 aromatic rings. The van der Waals surface area contributed by atoms with Crippen molar-refractivity contribution in [3.63, 3.8) is 0 Å². The molecule has 18 heavy (non-hydrogen) atoms. The molecule has 0 saturated heterocycles. The van der Waals surface area contributed by atoms with E-state index in [9.17, 15) is 0 Å². The Morgan fingerprint density at radius 1 is 0.944 bits per heavy atom. The SMILES string of the molecule is CCCCCC(C)c1cc(CCC)c(C)cc1C. The van der Waals surface area contributed by atoms with Crippen LogP contribution in [0.25, 0.3) is 0 Å². The molecular weight excluding hydrogens is 216 g/mol. The van der Waals surface area contributed by atoms with Crippen molar-refractivity contribution in [2.24, 2.45) is 0 Å². The fourth-order valence-electron chi connectivity index (χ4n) is 2.84. The summed E-state index contributed by atoms with van der Waals surface area (Å²) in [7, 11) is 0. The first kappa shape index (κ1) is 15.3. The highest BCUT2D eigenvalue weighted by Gasteiger charge is 2.10. The zero-order valence-electron chi connectivity index (χ0n) is 13.0. The molecule has 0 amide bonds. The van der Waals surface area contributed by atoms with Gasteiger partial charge in [-0.1, -0.05) is 58.6 Å². The van der Waals surface area contributed by atoms with Gasteiger partial charge in [0.1, 0.15) is 0 Å². The molecule has 0 aliphatic heterocycles. The molecule has 0 bridgehead atoms. The number of benzene rings is 1. The maximum atomic E-state index is 2.48. The number of hydrogen-bond acceptors (Lipinski definition) is 0. The van der Waals surface area contributed by atoms with E-state index in [1.54, 1.807) is 11.1 Å². The number of rotatable bonds is 7. The summed E-state index contributed by atoms with van der Waals surface area (Å²) in [5.74, 6) is 0.716. The minimum atomic E-state index is 0.716. The second kappa shape index (κ2) is 7.61. The van der Waals surface area contributed by atoms with Gasteiger partial charge in [-0.2, -0.15) is 0 Å². The van der Waals surface area contributed by atoms with E-state index in [2.05, 4.69) is 46.8 Å². The molecule has 1 rings (SSSR count). The molecule has 0 radical (unpaired) electrons. The minimum absolute atomic E-state index is 0.716. The Kier molecular flexibility index (Phi) is 6.46. The molecule has 0 fully saturated rings. The summed E-state index contributed by atoms with van der Waals surface area (Å²) in [5.41, 5.74) is 6.09. The second-order valence-corrected chi connectivity index (χ2v) is 5.78. The van der Waals surface area contributed by atoms with Crippen molar-refractivity contribution in [2.75, 3.05) is 0 Å². The minimum Gasteiger partial charge on any atom is -0.0654 e. The van der Waals surface area contributed by atoms with Crippen LogP contribution >= 0.6 is 0 Å². The molecule has 0 saturated carbocycles. The Bertz CT molecular complexity index is 363. The van der Waals surface area contributed by atoms with Crippen molar-refractivity contribution in [1.29, 1.82) is 0 Å².